The van der Waals surface area contributed by atoms with Gasteiger partial charge in [0.05, 0.1) is 5.56 Å². The smallest absolute Gasteiger partial charge is 0.418 e. The van der Waals surface area contributed by atoms with Crippen LogP contribution in [0.25, 0.3) is 0 Å². The summed E-state index contributed by atoms with van der Waals surface area (Å²) in [5.74, 6) is -0.0300. The molecule has 0 bridgehead atoms. The highest BCUT2D eigenvalue weighted by molar-refractivity contribution is 9.10. The number of alkyl halides is 3. The average Bonchev–Trinajstić information content (AvgIpc) is 2.40. The molecule has 112 valence electrons. The van der Waals surface area contributed by atoms with E-state index in [9.17, 15) is 18.3 Å². The Morgan fingerprint density at radius 2 is 1.86 bits per heavy atom. The van der Waals surface area contributed by atoms with E-state index in [1.54, 1.807) is 0 Å². The van der Waals surface area contributed by atoms with Crippen LogP contribution in [0.5, 0.6) is 5.75 Å². The lowest BCUT2D eigenvalue weighted by Crippen LogP contribution is -2.11. The van der Waals surface area contributed by atoms with Gasteiger partial charge < -0.3 is 10.4 Å². The summed E-state index contributed by atoms with van der Waals surface area (Å²) >= 11 is 8.82. The molecule has 0 fully saturated rings. The van der Waals surface area contributed by atoms with Gasteiger partial charge in [-0.15, -0.1) is 0 Å². The summed E-state index contributed by atoms with van der Waals surface area (Å²) in [6.07, 6.45) is -4.47. The summed E-state index contributed by atoms with van der Waals surface area (Å²) in [7, 11) is 0. The van der Waals surface area contributed by atoms with E-state index in [1.807, 2.05) is 0 Å². The molecule has 7 heteroatoms. The fourth-order valence-electron chi connectivity index (χ4n) is 1.79. The van der Waals surface area contributed by atoms with Crippen molar-refractivity contribution in [2.45, 2.75) is 12.7 Å². The topological polar surface area (TPSA) is 32.3 Å². The highest BCUT2D eigenvalue weighted by atomic mass is 79.9. The first kappa shape index (κ1) is 16.0. The lowest BCUT2D eigenvalue weighted by atomic mass is 10.1. The van der Waals surface area contributed by atoms with Gasteiger partial charge in [0.2, 0.25) is 0 Å². The van der Waals surface area contributed by atoms with Crippen molar-refractivity contribution >= 4 is 33.2 Å². The van der Waals surface area contributed by atoms with Gasteiger partial charge in [-0.3, -0.25) is 0 Å². The number of halogens is 5. The van der Waals surface area contributed by atoms with Crippen LogP contribution in [-0.4, -0.2) is 5.11 Å². The Labute approximate surface area is 132 Å². The van der Waals surface area contributed by atoms with E-state index in [4.69, 9.17) is 11.6 Å². The fourth-order valence-corrected chi connectivity index (χ4v) is 2.35. The average molecular weight is 381 g/mol. The molecule has 0 aliphatic rings. The molecular formula is C14H10BrClF3NO. The Hall–Kier alpha value is -1.40. The second kappa shape index (κ2) is 6.15. The van der Waals surface area contributed by atoms with Crippen LogP contribution in [0.4, 0.5) is 18.9 Å². The summed E-state index contributed by atoms with van der Waals surface area (Å²) in [6, 6.07) is 8.23. The minimum atomic E-state index is -4.47. The summed E-state index contributed by atoms with van der Waals surface area (Å²) in [5, 5.41) is 12.7. The van der Waals surface area contributed by atoms with Crippen LogP contribution in [0.2, 0.25) is 5.02 Å². The van der Waals surface area contributed by atoms with E-state index in [0.29, 0.717) is 15.1 Å². The second-order valence-corrected chi connectivity index (χ2v) is 5.67. The molecule has 0 aliphatic carbocycles. The number of aromatic hydroxyl groups is 1. The highest BCUT2D eigenvalue weighted by Gasteiger charge is 2.33. The van der Waals surface area contributed by atoms with E-state index in [-0.39, 0.29) is 18.0 Å². The maximum Gasteiger partial charge on any atom is 0.418 e. The van der Waals surface area contributed by atoms with Crippen LogP contribution in [0.3, 0.4) is 0 Å². The van der Waals surface area contributed by atoms with Gasteiger partial charge in [0.25, 0.3) is 0 Å². The number of anilines is 1. The molecule has 2 nitrogen and oxygen atoms in total. The Morgan fingerprint density at radius 3 is 2.52 bits per heavy atom. The molecule has 0 spiro atoms. The first-order valence-corrected chi connectivity index (χ1v) is 7.02. The van der Waals surface area contributed by atoms with Crippen molar-refractivity contribution in [2.75, 3.05) is 5.32 Å². The van der Waals surface area contributed by atoms with Gasteiger partial charge >= 0.3 is 6.18 Å². The Morgan fingerprint density at radius 1 is 1.14 bits per heavy atom. The van der Waals surface area contributed by atoms with Crippen LogP contribution < -0.4 is 5.32 Å². The van der Waals surface area contributed by atoms with E-state index >= 15 is 0 Å². The maximum atomic E-state index is 13.0. The maximum absolute atomic E-state index is 13.0. The fraction of sp³-hybridized carbons (Fsp3) is 0.143. The number of benzene rings is 2. The normalized spacial score (nSPS) is 11.5. The van der Waals surface area contributed by atoms with Crippen molar-refractivity contribution in [3.05, 3.63) is 57.0 Å². The lowest BCUT2D eigenvalue weighted by molar-refractivity contribution is -0.137. The minimum Gasteiger partial charge on any atom is -0.508 e. The number of hydrogen-bond donors (Lipinski definition) is 2. The number of phenolic OH excluding ortho intramolecular Hbond substituents is 1. The Kier molecular flexibility index (Phi) is 4.68. The highest BCUT2D eigenvalue weighted by Crippen LogP contribution is 2.37. The lowest BCUT2D eigenvalue weighted by Gasteiger charge is -2.15. The third kappa shape index (κ3) is 4.04. The molecular weight excluding hydrogens is 371 g/mol. The molecule has 0 saturated carbocycles. The molecule has 2 aromatic carbocycles. The van der Waals surface area contributed by atoms with Gasteiger partial charge in [-0.2, -0.15) is 13.2 Å². The zero-order valence-corrected chi connectivity index (χ0v) is 12.9. The van der Waals surface area contributed by atoms with Gasteiger partial charge in [-0.25, -0.2) is 0 Å². The predicted molar refractivity (Wildman–Crippen MR) is 79.6 cm³/mol. The van der Waals surface area contributed by atoms with E-state index < -0.39 is 11.7 Å². The molecule has 0 saturated heterocycles. The van der Waals surface area contributed by atoms with Crippen LogP contribution in [0.1, 0.15) is 11.1 Å². The van der Waals surface area contributed by atoms with Crippen molar-refractivity contribution < 1.29 is 18.3 Å². The molecule has 0 aliphatic heterocycles. The molecule has 2 aromatic rings. The quantitative estimate of drug-likeness (QED) is 0.743. The van der Waals surface area contributed by atoms with Crippen LogP contribution in [0.15, 0.2) is 40.9 Å². The second-order valence-electron chi connectivity index (χ2n) is 4.31. The standard InChI is InChI=1S/C14H10BrClF3NO/c15-9-1-3-12(11(6-9)14(17,18)19)20-7-8-5-10(16)2-4-13(8)21/h1-6,20-21H,7H2. The first-order valence-electron chi connectivity index (χ1n) is 5.85. The summed E-state index contributed by atoms with van der Waals surface area (Å²) in [6.45, 7) is 0.0249. The van der Waals surface area contributed by atoms with Crippen molar-refractivity contribution in [3.8, 4) is 5.75 Å². The van der Waals surface area contributed by atoms with Gasteiger partial charge in [-0.1, -0.05) is 27.5 Å². The van der Waals surface area contributed by atoms with E-state index in [2.05, 4.69) is 21.2 Å². The summed E-state index contributed by atoms with van der Waals surface area (Å²) in [4.78, 5) is 0. The SMILES string of the molecule is Oc1ccc(Cl)cc1CNc1ccc(Br)cc1C(F)(F)F. The molecule has 0 aromatic heterocycles. The summed E-state index contributed by atoms with van der Waals surface area (Å²) in [5.41, 5.74) is -0.429. The van der Waals surface area contributed by atoms with Crippen LogP contribution >= 0.6 is 27.5 Å². The molecule has 0 amide bonds. The molecule has 21 heavy (non-hydrogen) atoms. The van der Waals surface area contributed by atoms with Crippen LogP contribution in [0, 0.1) is 0 Å². The predicted octanol–water partition coefficient (Wildman–Crippen LogP) is 5.44. The zero-order valence-electron chi connectivity index (χ0n) is 10.5. The number of rotatable bonds is 3. The minimum absolute atomic E-state index is 0.0249. The van der Waals surface area contributed by atoms with Crippen molar-refractivity contribution in [2.24, 2.45) is 0 Å². The van der Waals surface area contributed by atoms with E-state index in [0.717, 1.165) is 6.07 Å². The summed E-state index contributed by atoms with van der Waals surface area (Å²) < 4.78 is 39.2. The van der Waals surface area contributed by atoms with Crippen molar-refractivity contribution in [1.29, 1.82) is 0 Å². The van der Waals surface area contributed by atoms with Gasteiger partial charge in [0.15, 0.2) is 0 Å². The molecule has 0 heterocycles. The zero-order chi connectivity index (χ0) is 15.6. The molecule has 2 rings (SSSR count). The van der Waals surface area contributed by atoms with Crippen molar-refractivity contribution in [3.63, 3.8) is 0 Å². The Bertz CT molecular complexity index is 661. The monoisotopic (exact) mass is 379 g/mol. The third-order valence-electron chi connectivity index (χ3n) is 2.80. The van der Waals surface area contributed by atoms with Crippen molar-refractivity contribution in [1.82, 2.24) is 0 Å². The van der Waals surface area contributed by atoms with Gasteiger partial charge in [0.1, 0.15) is 5.75 Å². The van der Waals surface area contributed by atoms with Gasteiger partial charge in [0, 0.05) is 27.3 Å². The first-order chi connectivity index (χ1) is 9.77. The number of nitrogens with one attached hydrogen (secondary N) is 1. The van der Waals surface area contributed by atoms with Crippen LogP contribution in [-0.2, 0) is 12.7 Å². The number of phenols is 1. The third-order valence-corrected chi connectivity index (χ3v) is 3.53. The molecule has 2 N–H and O–H groups in total. The van der Waals surface area contributed by atoms with E-state index in [1.165, 1.54) is 30.3 Å². The van der Waals surface area contributed by atoms with Gasteiger partial charge in [-0.05, 0) is 36.4 Å². The number of hydrogen-bond acceptors (Lipinski definition) is 2. The molecule has 0 atom stereocenters. The Balaban J connectivity index is 2.26. The molecule has 0 radical (unpaired) electrons. The molecule has 0 unspecified atom stereocenters. The largest absolute Gasteiger partial charge is 0.508 e.